The molecular formula is C19H23N3O2. The summed E-state index contributed by atoms with van der Waals surface area (Å²) in [5.41, 5.74) is 2.40. The van der Waals surface area contributed by atoms with Gasteiger partial charge in [-0.1, -0.05) is 18.2 Å². The van der Waals surface area contributed by atoms with Crippen LogP contribution in [0, 0.1) is 0 Å². The predicted molar refractivity (Wildman–Crippen MR) is 93.3 cm³/mol. The first kappa shape index (κ1) is 16.3. The number of nitrogens with zero attached hydrogens (tertiary/aromatic N) is 2. The molecule has 1 aliphatic heterocycles. The highest BCUT2D eigenvalue weighted by Crippen LogP contribution is 2.26. The first-order valence-corrected chi connectivity index (χ1v) is 8.32. The molecule has 126 valence electrons. The number of likely N-dealkylation sites (tertiary alicyclic amines) is 1. The monoisotopic (exact) mass is 325 g/mol. The second-order valence-electron chi connectivity index (χ2n) is 6.05. The minimum Gasteiger partial charge on any atom is -0.497 e. The molecule has 0 bridgehead atoms. The standard InChI is InChI=1S/C19H23N3O2/c1-24-18-6-4-15(5-7-18)8-11-21-19(23)22-12-9-17(14-22)16-3-2-10-20-13-16/h2-7,10,13,17H,8-9,11-12,14H2,1H3,(H,21,23). The molecule has 5 heteroatoms. The number of methoxy groups -OCH3 is 1. The molecule has 0 aliphatic carbocycles. The summed E-state index contributed by atoms with van der Waals surface area (Å²) in [4.78, 5) is 18.4. The summed E-state index contributed by atoms with van der Waals surface area (Å²) < 4.78 is 5.15. The lowest BCUT2D eigenvalue weighted by molar-refractivity contribution is 0.208. The SMILES string of the molecule is COc1ccc(CCNC(=O)N2CCC(c3cccnc3)C2)cc1. The van der Waals surface area contributed by atoms with E-state index in [1.807, 2.05) is 41.4 Å². The van der Waals surface area contributed by atoms with E-state index in [9.17, 15) is 4.79 Å². The van der Waals surface area contributed by atoms with Crippen LogP contribution in [-0.2, 0) is 6.42 Å². The zero-order valence-corrected chi connectivity index (χ0v) is 13.9. The van der Waals surface area contributed by atoms with Gasteiger partial charge in [-0.15, -0.1) is 0 Å². The van der Waals surface area contributed by atoms with Crippen LogP contribution in [-0.4, -0.2) is 42.7 Å². The normalized spacial score (nSPS) is 16.9. The van der Waals surface area contributed by atoms with Gasteiger partial charge in [-0.05, 0) is 42.2 Å². The maximum atomic E-state index is 12.3. The van der Waals surface area contributed by atoms with Gasteiger partial charge in [-0.25, -0.2) is 4.79 Å². The number of aromatic nitrogens is 1. The third-order valence-corrected chi connectivity index (χ3v) is 4.48. The molecule has 3 rings (SSSR count). The number of hydrogen-bond acceptors (Lipinski definition) is 3. The topological polar surface area (TPSA) is 54.5 Å². The van der Waals surface area contributed by atoms with Crippen molar-refractivity contribution in [3.8, 4) is 5.75 Å². The molecule has 1 N–H and O–H groups in total. The van der Waals surface area contributed by atoms with Crippen LogP contribution >= 0.6 is 0 Å². The van der Waals surface area contributed by atoms with Gasteiger partial charge in [0.05, 0.1) is 7.11 Å². The fourth-order valence-corrected chi connectivity index (χ4v) is 3.05. The highest BCUT2D eigenvalue weighted by Gasteiger charge is 2.27. The van der Waals surface area contributed by atoms with E-state index in [-0.39, 0.29) is 6.03 Å². The average Bonchev–Trinajstić information content (AvgIpc) is 3.13. The lowest BCUT2D eigenvalue weighted by atomic mass is 10.0. The predicted octanol–water partition coefficient (Wildman–Crippen LogP) is 2.83. The van der Waals surface area contributed by atoms with Crippen molar-refractivity contribution >= 4 is 6.03 Å². The smallest absolute Gasteiger partial charge is 0.317 e. The van der Waals surface area contributed by atoms with Gasteiger partial charge in [0.1, 0.15) is 5.75 Å². The number of pyridine rings is 1. The number of amides is 2. The first-order chi connectivity index (χ1) is 11.8. The van der Waals surface area contributed by atoms with E-state index in [1.165, 1.54) is 11.1 Å². The Morgan fingerprint density at radius 2 is 2.17 bits per heavy atom. The Morgan fingerprint density at radius 3 is 2.88 bits per heavy atom. The van der Waals surface area contributed by atoms with E-state index in [4.69, 9.17) is 4.74 Å². The highest BCUT2D eigenvalue weighted by molar-refractivity contribution is 5.74. The molecule has 1 unspecified atom stereocenters. The highest BCUT2D eigenvalue weighted by atomic mass is 16.5. The first-order valence-electron chi connectivity index (χ1n) is 8.32. The molecule has 1 aromatic heterocycles. The van der Waals surface area contributed by atoms with Crippen molar-refractivity contribution in [2.75, 3.05) is 26.7 Å². The molecule has 1 saturated heterocycles. The van der Waals surface area contributed by atoms with Crippen LogP contribution in [0.3, 0.4) is 0 Å². The zero-order chi connectivity index (χ0) is 16.8. The number of urea groups is 1. The van der Waals surface area contributed by atoms with E-state index < -0.39 is 0 Å². The third kappa shape index (κ3) is 4.04. The second-order valence-corrected chi connectivity index (χ2v) is 6.05. The minimum atomic E-state index is 0.0231. The molecule has 1 fully saturated rings. The van der Waals surface area contributed by atoms with Crippen LogP contribution in [0.15, 0.2) is 48.8 Å². The summed E-state index contributed by atoms with van der Waals surface area (Å²) in [7, 11) is 1.66. The molecular weight excluding hydrogens is 302 g/mol. The molecule has 1 aromatic carbocycles. The summed E-state index contributed by atoms with van der Waals surface area (Å²) in [6.45, 7) is 2.20. The Hall–Kier alpha value is -2.56. The molecule has 0 spiro atoms. The van der Waals surface area contributed by atoms with Gasteiger partial charge < -0.3 is 15.0 Å². The van der Waals surface area contributed by atoms with Gasteiger partial charge in [0.2, 0.25) is 0 Å². The van der Waals surface area contributed by atoms with Crippen molar-refractivity contribution in [1.82, 2.24) is 15.2 Å². The average molecular weight is 325 g/mol. The van der Waals surface area contributed by atoms with Crippen molar-refractivity contribution in [3.05, 3.63) is 59.9 Å². The molecule has 0 saturated carbocycles. The van der Waals surface area contributed by atoms with E-state index in [0.717, 1.165) is 31.7 Å². The molecule has 2 heterocycles. The lowest BCUT2D eigenvalue weighted by Gasteiger charge is -2.17. The Labute approximate surface area is 142 Å². The molecule has 2 amide bonds. The molecule has 2 aromatic rings. The summed E-state index contributed by atoms with van der Waals surface area (Å²) in [5.74, 6) is 1.24. The van der Waals surface area contributed by atoms with Crippen LogP contribution in [0.2, 0.25) is 0 Å². The van der Waals surface area contributed by atoms with Crippen molar-refractivity contribution in [2.24, 2.45) is 0 Å². The van der Waals surface area contributed by atoms with Gasteiger partial charge in [0.15, 0.2) is 0 Å². The second kappa shape index (κ2) is 7.81. The maximum Gasteiger partial charge on any atom is 0.317 e. The maximum absolute atomic E-state index is 12.3. The number of nitrogens with one attached hydrogen (secondary N) is 1. The quantitative estimate of drug-likeness (QED) is 0.920. The molecule has 24 heavy (non-hydrogen) atoms. The molecule has 1 atom stereocenters. The Kier molecular flexibility index (Phi) is 5.31. The Morgan fingerprint density at radius 1 is 1.33 bits per heavy atom. The third-order valence-electron chi connectivity index (χ3n) is 4.48. The number of benzene rings is 1. The summed E-state index contributed by atoms with van der Waals surface area (Å²) in [6, 6.07) is 12.0. The number of carbonyl (C=O) groups is 1. The molecule has 0 radical (unpaired) electrons. The number of ether oxygens (including phenoxy) is 1. The van der Waals surface area contributed by atoms with E-state index >= 15 is 0 Å². The van der Waals surface area contributed by atoms with E-state index in [0.29, 0.717) is 12.5 Å². The van der Waals surface area contributed by atoms with E-state index in [2.05, 4.69) is 16.4 Å². The van der Waals surface area contributed by atoms with Gasteiger partial charge in [0.25, 0.3) is 0 Å². The fraction of sp³-hybridized carbons (Fsp3) is 0.368. The van der Waals surface area contributed by atoms with Crippen molar-refractivity contribution in [1.29, 1.82) is 0 Å². The largest absolute Gasteiger partial charge is 0.497 e. The van der Waals surface area contributed by atoms with Crippen LogP contribution in [0.5, 0.6) is 5.75 Å². The van der Waals surface area contributed by atoms with Gasteiger partial charge >= 0.3 is 6.03 Å². The Balaban J connectivity index is 1.44. The van der Waals surface area contributed by atoms with Gasteiger partial charge in [0, 0.05) is 37.9 Å². The number of carbonyl (C=O) groups excluding carboxylic acids is 1. The van der Waals surface area contributed by atoms with Crippen molar-refractivity contribution in [2.45, 2.75) is 18.8 Å². The van der Waals surface area contributed by atoms with Gasteiger partial charge in [-0.2, -0.15) is 0 Å². The van der Waals surface area contributed by atoms with E-state index in [1.54, 1.807) is 13.3 Å². The van der Waals surface area contributed by atoms with Crippen LogP contribution in [0.1, 0.15) is 23.5 Å². The fourth-order valence-electron chi connectivity index (χ4n) is 3.05. The molecule has 5 nitrogen and oxygen atoms in total. The van der Waals surface area contributed by atoms with Crippen LogP contribution in [0.4, 0.5) is 4.79 Å². The molecule has 1 aliphatic rings. The van der Waals surface area contributed by atoms with Gasteiger partial charge in [-0.3, -0.25) is 4.98 Å². The van der Waals surface area contributed by atoms with Crippen molar-refractivity contribution < 1.29 is 9.53 Å². The summed E-state index contributed by atoms with van der Waals surface area (Å²) >= 11 is 0. The van der Waals surface area contributed by atoms with Crippen molar-refractivity contribution in [3.63, 3.8) is 0 Å². The zero-order valence-electron chi connectivity index (χ0n) is 13.9. The number of hydrogen-bond donors (Lipinski definition) is 1. The minimum absolute atomic E-state index is 0.0231. The summed E-state index contributed by atoms with van der Waals surface area (Å²) in [5, 5.41) is 3.01. The summed E-state index contributed by atoms with van der Waals surface area (Å²) in [6.07, 6.45) is 5.49. The lowest BCUT2D eigenvalue weighted by Crippen LogP contribution is -2.39. The Bertz CT molecular complexity index is 658. The van der Waals surface area contributed by atoms with Crippen LogP contribution < -0.4 is 10.1 Å². The van der Waals surface area contributed by atoms with Crippen LogP contribution in [0.25, 0.3) is 0 Å². The number of rotatable bonds is 5.